The molecule has 0 aliphatic heterocycles. The fraction of sp³-hybridized carbons (Fsp3) is 0.385. The molecule has 0 saturated carbocycles. The number of carboxylic acids is 1. The molecule has 0 radical (unpaired) electrons. The van der Waals surface area contributed by atoms with E-state index in [9.17, 15) is 14.7 Å². The predicted molar refractivity (Wildman–Crippen MR) is 127 cm³/mol. The summed E-state index contributed by atoms with van der Waals surface area (Å²) in [5.41, 5.74) is 2.01. The number of benzene rings is 2. The van der Waals surface area contributed by atoms with Gasteiger partial charge in [-0.2, -0.15) is 0 Å². The largest absolute Gasteiger partial charge is 0.546 e. The van der Waals surface area contributed by atoms with Crippen LogP contribution in [-0.4, -0.2) is 45.9 Å². The maximum Gasteiger partial charge on any atom is 0.254 e. The van der Waals surface area contributed by atoms with Gasteiger partial charge in [0.2, 0.25) is 0 Å². The van der Waals surface area contributed by atoms with Crippen molar-refractivity contribution in [3.8, 4) is 23.0 Å². The smallest absolute Gasteiger partial charge is 0.254 e. The van der Waals surface area contributed by atoms with Crippen LogP contribution < -0.4 is 29.4 Å². The molecule has 2 aromatic carbocycles. The second-order valence-electron chi connectivity index (χ2n) is 7.39. The van der Waals surface area contributed by atoms with Crippen molar-refractivity contribution in [2.75, 3.05) is 34.0 Å². The van der Waals surface area contributed by atoms with Gasteiger partial charge in [0.15, 0.2) is 0 Å². The van der Waals surface area contributed by atoms with Crippen LogP contribution in [0.2, 0.25) is 0 Å². The first-order valence-corrected chi connectivity index (χ1v) is 11.2. The van der Waals surface area contributed by atoms with Gasteiger partial charge in [0, 0.05) is 24.6 Å². The first kappa shape index (κ1) is 26.6. The molecule has 0 heterocycles. The lowest BCUT2D eigenvalue weighted by Gasteiger charge is -2.18. The van der Waals surface area contributed by atoms with Crippen molar-refractivity contribution in [2.45, 2.75) is 32.6 Å². The van der Waals surface area contributed by atoms with Crippen LogP contribution in [0.5, 0.6) is 23.0 Å². The minimum absolute atomic E-state index is 0.240. The topological polar surface area (TPSA) is 106 Å². The molecule has 0 aromatic heterocycles. The Morgan fingerprint density at radius 1 is 1.03 bits per heavy atom. The predicted octanol–water partition coefficient (Wildman–Crippen LogP) is 2.71. The quantitative estimate of drug-likeness (QED) is 0.315. The van der Waals surface area contributed by atoms with Gasteiger partial charge in [-0.3, -0.25) is 4.79 Å². The lowest BCUT2D eigenvalue weighted by atomic mass is 10.0. The van der Waals surface area contributed by atoms with Gasteiger partial charge >= 0.3 is 0 Å². The Hall–Kier alpha value is -3.68. The van der Waals surface area contributed by atoms with Crippen molar-refractivity contribution < 1.29 is 33.6 Å². The molecular formula is C26H32NO7-. The molecule has 1 N–H and O–H groups in total. The van der Waals surface area contributed by atoms with E-state index >= 15 is 0 Å². The summed E-state index contributed by atoms with van der Waals surface area (Å²) in [7, 11) is 3.08. The molecule has 0 aliphatic rings. The SMILES string of the molecule is C=CCc1c(OCCCOc2cccc(OCC(=O)[O-])c2CCC)ccc(C(=O)NC)c1OC. The summed E-state index contributed by atoms with van der Waals surface area (Å²) in [6.45, 7) is 6.08. The van der Waals surface area contributed by atoms with Gasteiger partial charge in [0.25, 0.3) is 5.91 Å². The molecule has 8 nitrogen and oxygen atoms in total. The van der Waals surface area contributed by atoms with Crippen LogP contribution in [0.4, 0.5) is 0 Å². The highest BCUT2D eigenvalue weighted by atomic mass is 16.5. The summed E-state index contributed by atoms with van der Waals surface area (Å²) < 4.78 is 22.8. The molecule has 34 heavy (non-hydrogen) atoms. The Morgan fingerprint density at radius 3 is 2.24 bits per heavy atom. The summed E-state index contributed by atoms with van der Waals surface area (Å²) in [4.78, 5) is 22.9. The van der Waals surface area contributed by atoms with E-state index < -0.39 is 12.6 Å². The highest BCUT2D eigenvalue weighted by Crippen LogP contribution is 2.33. The van der Waals surface area contributed by atoms with E-state index in [4.69, 9.17) is 18.9 Å². The third-order valence-electron chi connectivity index (χ3n) is 4.98. The number of ether oxygens (including phenoxy) is 4. The van der Waals surface area contributed by atoms with Gasteiger partial charge in [0.05, 0.1) is 31.9 Å². The lowest BCUT2D eigenvalue weighted by Crippen LogP contribution is -2.29. The number of allylic oxidation sites excluding steroid dienone is 1. The maximum atomic E-state index is 12.2. The van der Waals surface area contributed by atoms with Crippen molar-refractivity contribution >= 4 is 11.9 Å². The van der Waals surface area contributed by atoms with Crippen LogP contribution in [0.15, 0.2) is 43.0 Å². The Morgan fingerprint density at radius 2 is 1.68 bits per heavy atom. The summed E-state index contributed by atoms with van der Waals surface area (Å²) in [6, 6.07) is 8.75. The number of amides is 1. The summed E-state index contributed by atoms with van der Waals surface area (Å²) >= 11 is 0. The van der Waals surface area contributed by atoms with Crippen molar-refractivity contribution in [2.24, 2.45) is 0 Å². The number of carbonyl (C=O) groups excluding carboxylic acids is 2. The second kappa shape index (κ2) is 13.8. The average molecular weight is 471 g/mol. The molecule has 1 amide bonds. The number of carbonyl (C=O) groups is 2. The van der Waals surface area contributed by atoms with E-state index in [0.29, 0.717) is 61.0 Å². The van der Waals surface area contributed by atoms with Gasteiger partial charge < -0.3 is 34.2 Å². The minimum Gasteiger partial charge on any atom is -0.546 e. The van der Waals surface area contributed by atoms with Crippen LogP contribution >= 0.6 is 0 Å². The number of hydrogen-bond acceptors (Lipinski definition) is 7. The Bertz CT molecular complexity index is 987. The standard InChI is InChI=1S/C26H33NO7/c1-5-9-18-21(11-7-12-22(18)34-17-24(28)29)32-15-8-16-33-23-14-13-20(26(30)27-3)25(31-4)19(23)10-6-2/h6-7,11-14H,2,5,8-10,15-17H2,1,3-4H3,(H,27,30)(H,28,29)/p-1. The molecule has 2 rings (SSSR count). The third-order valence-corrected chi connectivity index (χ3v) is 4.98. The second-order valence-corrected chi connectivity index (χ2v) is 7.39. The summed E-state index contributed by atoms with van der Waals surface area (Å²) in [5.74, 6) is 0.704. The van der Waals surface area contributed by atoms with E-state index in [2.05, 4.69) is 11.9 Å². The van der Waals surface area contributed by atoms with E-state index in [0.717, 1.165) is 17.5 Å². The number of carboxylic acid groups (broad SMARTS) is 1. The number of methoxy groups -OCH3 is 1. The molecular weight excluding hydrogens is 438 g/mol. The molecule has 0 aliphatic carbocycles. The van der Waals surface area contributed by atoms with Crippen molar-refractivity contribution in [3.05, 3.63) is 59.7 Å². The Labute approximate surface area is 200 Å². The number of hydrogen-bond donors (Lipinski definition) is 1. The maximum absolute atomic E-state index is 12.2. The minimum atomic E-state index is -1.28. The number of aliphatic carboxylic acids is 1. The number of rotatable bonds is 15. The van der Waals surface area contributed by atoms with E-state index in [1.165, 1.54) is 7.11 Å². The molecule has 0 spiro atoms. The zero-order chi connectivity index (χ0) is 24.9. The van der Waals surface area contributed by atoms with Gasteiger partial charge in [-0.1, -0.05) is 25.5 Å². The van der Waals surface area contributed by atoms with E-state index in [-0.39, 0.29) is 5.91 Å². The monoisotopic (exact) mass is 470 g/mol. The fourth-order valence-electron chi connectivity index (χ4n) is 3.50. The summed E-state index contributed by atoms with van der Waals surface area (Å²) in [6.07, 6.45) is 4.36. The molecule has 0 saturated heterocycles. The normalized spacial score (nSPS) is 10.3. The van der Waals surface area contributed by atoms with Gasteiger partial charge in [-0.15, -0.1) is 6.58 Å². The van der Waals surface area contributed by atoms with Crippen molar-refractivity contribution in [3.63, 3.8) is 0 Å². The average Bonchev–Trinajstić information content (AvgIpc) is 2.83. The van der Waals surface area contributed by atoms with Crippen LogP contribution in [-0.2, 0) is 17.6 Å². The van der Waals surface area contributed by atoms with Crippen molar-refractivity contribution in [1.29, 1.82) is 0 Å². The number of nitrogens with one attached hydrogen (secondary N) is 1. The van der Waals surface area contributed by atoms with Crippen LogP contribution in [0.3, 0.4) is 0 Å². The van der Waals surface area contributed by atoms with Crippen LogP contribution in [0.25, 0.3) is 0 Å². The highest BCUT2D eigenvalue weighted by molar-refractivity contribution is 5.97. The van der Waals surface area contributed by atoms with Gasteiger partial charge in [0.1, 0.15) is 29.6 Å². The van der Waals surface area contributed by atoms with Gasteiger partial charge in [-0.05, 0) is 37.1 Å². The molecule has 2 aromatic rings. The van der Waals surface area contributed by atoms with Gasteiger partial charge in [-0.25, -0.2) is 0 Å². The Kier molecular flexibility index (Phi) is 10.8. The van der Waals surface area contributed by atoms with E-state index in [1.54, 1.807) is 37.4 Å². The summed E-state index contributed by atoms with van der Waals surface area (Å²) in [5, 5.41) is 13.4. The molecule has 0 atom stereocenters. The van der Waals surface area contributed by atoms with Crippen LogP contribution in [0.1, 0.15) is 41.3 Å². The highest BCUT2D eigenvalue weighted by Gasteiger charge is 2.18. The first-order valence-electron chi connectivity index (χ1n) is 11.2. The Balaban J connectivity index is 2.03. The fourth-order valence-corrected chi connectivity index (χ4v) is 3.50. The van der Waals surface area contributed by atoms with Crippen molar-refractivity contribution in [1.82, 2.24) is 5.32 Å². The molecule has 184 valence electrons. The zero-order valence-electron chi connectivity index (χ0n) is 20.0. The molecule has 0 unspecified atom stereocenters. The van der Waals surface area contributed by atoms with E-state index in [1.807, 2.05) is 13.0 Å². The molecule has 8 heteroatoms. The van der Waals surface area contributed by atoms with Crippen LogP contribution in [0, 0.1) is 0 Å². The zero-order valence-corrected chi connectivity index (χ0v) is 20.0. The lowest BCUT2D eigenvalue weighted by molar-refractivity contribution is -0.307. The molecule has 0 bridgehead atoms. The molecule has 0 fully saturated rings. The first-order chi connectivity index (χ1) is 16.5. The third kappa shape index (κ3) is 7.16.